The predicted octanol–water partition coefficient (Wildman–Crippen LogP) is -3.25. The molecule has 0 N–H and O–H groups in total. The Bertz CT molecular complexity index is 127. The van der Waals surface area contributed by atoms with Crippen LogP contribution in [0.4, 0.5) is 0 Å². The van der Waals surface area contributed by atoms with Crippen LogP contribution in [-0.4, -0.2) is 6.61 Å². The minimum atomic E-state index is -0.574. The summed E-state index contributed by atoms with van der Waals surface area (Å²) >= 11 is 0. The third-order valence-electron chi connectivity index (χ3n) is 0.469. The molecule has 0 aromatic rings. The van der Waals surface area contributed by atoms with Gasteiger partial charge in [0.15, 0.2) is 0 Å². The first-order valence-corrected chi connectivity index (χ1v) is 2.20. The van der Waals surface area contributed by atoms with E-state index in [0.29, 0.717) is 6.61 Å². The summed E-state index contributed by atoms with van der Waals surface area (Å²) in [4.78, 5) is 0. The first-order valence-electron chi connectivity index (χ1n) is 2.20. The van der Waals surface area contributed by atoms with Crippen LogP contribution in [0.2, 0.25) is 0 Å². The van der Waals surface area contributed by atoms with Crippen LogP contribution in [-0.2, 0) is 4.74 Å². The van der Waals surface area contributed by atoms with Gasteiger partial charge in [-0.3, -0.25) is 0 Å². The molecule has 0 aromatic carbocycles. The van der Waals surface area contributed by atoms with E-state index in [-0.39, 0.29) is 29.6 Å². The summed E-state index contributed by atoms with van der Waals surface area (Å²) in [6.45, 7) is 2.00. The Kier molecular flexibility index (Phi) is 10.1. The monoisotopic (exact) mass is 135 g/mol. The van der Waals surface area contributed by atoms with Crippen LogP contribution in [0.5, 0.6) is 0 Å². The zero-order valence-corrected chi connectivity index (χ0v) is 7.55. The van der Waals surface area contributed by atoms with Crippen molar-refractivity contribution >= 4 is 0 Å². The maximum atomic E-state index is 10.1. The van der Waals surface area contributed by atoms with E-state index in [0.717, 1.165) is 6.08 Å². The van der Waals surface area contributed by atoms with Crippen LogP contribution in [0.3, 0.4) is 0 Å². The van der Waals surface area contributed by atoms with Crippen molar-refractivity contribution in [3.05, 3.63) is 12.0 Å². The van der Waals surface area contributed by atoms with Gasteiger partial charge in [-0.1, -0.05) is 6.92 Å². The molecular weight excluding hydrogens is 129 g/mol. The van der Waals surface area contributed by atoms with Gasteiger partial charge in [0.25, 0.3) is 0 Å². The van der Waals surface area contributed by atoms with Crippen LogP contribution in [0, 0.1) is 11.3 Å². The van der Waals surface area contributed by atoms with E-state index < -0.39 is 5.95 Å². The third-order valence-corrected chi connectivity index (χ3v) is 0.469. The zero-order chi connectivity index (χ0) is 6.41. The summed E-state index contributed by atoms with van der Waals surface area (Å²) in [7, 11) is 0. The molecule has 0 atom stereocenters. The molecule has 0 bridgehead atoms. The van der Waals surface area contributed by atoms with Gasteiger partial charge in [-0.05, 0) is 6.61 Å². The second-order valence-electron chi connectivity index (χ2n) is 1.03. The van der Waals surface area contributed by atoms with Crippen LogP contribution < -0.4 is 34.7 Å². The average Bonchev–Trinajstić information content (AvgIpc) is 1.68. The molecule has 3 nitrogen and oxygen atoms in total. The molecule has 0 aliphatic rings. The molecule has 0 saturated carbocycles. The van der Waals surface area contributed by atoms with E-state index in [4.69, 9.17) is 5.26 Å². The number of hydrogen-bond donors (Lipinski definition) is 0. The van der Waals surface area contributed by atoms with Gasteiger partial charge in [0, 0.05) is 6.08 Å². The van der Waals surface area contributed by atoms with Gasteiger partial charge >= 0.3 is 29.6 Å². The van der Waals surface area contributed by atoms with Crippen molar-refractivity contribution in [2.75, 3.05) is 6.61 Å². The Morgan fingerprint density at radius 3 is 2.78 bits per heavy atom. The molecule has 9 heavy (non-hydrogen) atoms. The molecule has 0 spiro atoms. The van der Waals surface area contributed by atoms with Crippen molar-refractivity contribution < 1.29 is 39.4 Å². The van der Waals surface area contributed by atoms with Gasteiger partial charge in [0.2, 0.25) is 0 Å². The average molecular weight is 135 g/mol. The molecule has 0 rings (SSSR count). The largest absolute Gasteiger partial charge is 1.00 e. The smallest absolute Gasteiger partial charge is 0.613 e. The molecule has 0 fully saturated rings. The van der Waals surface area contributed by atoms with Gasteiger partial charge < -0.3 is 9.84 Å². The molecule has 44 valence electrons. The number of allylic oxidation sites excluding steroid dienone is 1. The van der Waals surface area contributed by atoms with Crippen LogP contribution in [0.25, 0.3) is 0 Å². The van der Waals surface area contributed by atoms with Crippen LogP contribution >= 0.6 is 0 Å². The molecule has 0 saturated heterocycles. The summed E-state index contributed by atoms with van der Waals surface area (Å²) < 4.78 is 4.37. The molecule has 0 aromatic heterocycles. The Labute approximate surface area is 76.2 Å². The van der Waals surface area contributed by atoms with E-state index in [2.05, 4.69) is 4.74 Å². The number of nitriles is 1. The molecule has 0 aliphatic heterocycles. The van der Waals surface area contributed by atoms with Crippen LogP contribution in [0.1, 0.15) is 6.92 Å². The Balaban J connectivity index is 0. The molecule has 4 heteroatoms. The molecule has 0 aliphatic carbocycles. The van der Waals surface area contributed by atoms with Crippen LogP contribution in [0.15, 0.2) is 12.0 Å². The van der Waals surface area contributed by atoms with Crippen molar-refractivity contribution in [3.8, 4) is 6.07 Å². The number of rotatable bonds is 2. The number of ether oxygens (including phenoxy) is 1. The molecule has 0 amide bonds. The molecule has 0 radical (unpaired) electrons. The van der Waals surface area contributed by atoms with Crippen molar-refractivity contribution in [2.45, 2.75) is 6.92 Å². The second-order valence-corrected chi connectivity index (χ2v) is 1.03. The molecular formula is C5H6NNaO2. The fraction of sp³-hybridized carbons (Fsp3) is 0.400. The summed E-state index contributed by atoms with van der Waals surface area (Å²) in [5.41, 5.74) is 0. The maximum Gasteiger partial charge on any atom is 1.00 e. The normalized spacial score (nSPS) is 9.11. The number of nitrogens with zero attached hydrogens (tertiary/aromatic N) is 1. The topological polar surface area (TPSA) is 56.1 Å². The van der Waals surface area contributed by atoms with Gasteiger partial charge in [-0.2, -0.15) is 5.26 Å². The zero-order valence-electron chi connectivity index (χ0n) is 5.55. The quantitative estimate of drug-likeness (QED) is 0.227. The predicted molar refractivity (Wildman–Crippen MR) is 25.3 cm³/mol. The van der Waals surface area contributed by atoms with Gasteiger partial charge in [0.1, 0.15) is 0 Å². The van der Waals surface area contributed by atoms with E-state index >= 15 is 0 Å². The Morgan fingerprint density at radius 2 is 2.44 bits per heavy atom. The standard InChI is InChI=1S/C5H7NO2.Na/c1-2-8-5(7)3-4-6;/h3,7H,2H2,1H3;/q;+1/p-1. The van der Waals surface area contributed by atoms with E-state index in [1.54, 1.807) is 13.0 Å². The minimum absolute atomic E-state index is 0. The van der Waals surface area contributed by atoms with E-state index in [1.165, 1.54) is 0 Å². The second kappa shape index (κ2) is 7.83. The first-order chi connectivity index (χ1) is 3.81. The van der Waals surface area contributed by atoms with Crippen molar-refractivity contribution in [3.63, 3.8) is 0 Å². The molecule has 0 heterocycles. The maximum absolute atomic E-state index is 10.1. The Morgan fingerprint density at radius 1 is 1.89 bits per heavy atom. The minimum Gasteiger partial charge on any atom is -0.613 e. The molecule has 0 unspecified atom stereocenters. The fourth-order valence-electron chi connectivity index (χ4n) is 0.237. The summed E-state index contributed by atoms with van der Waals surface area (Å²) in [6.07, 6.45) is 0.823. The van der Waals surface area contributed by atoms with Crippen molar-refractivity contribution in [1.29, 1.82) is 5.26 Å². The SMILES string of the molecule is CCOC([O-])=CC#N.[Na+]. The Hall–Kier alpha value is -0.170. The summed E-state index contributed by atoms with van der Waals surface area (Å²) in [5.74, 6) is -0.574. The third kappa shape index (κ3) is 7.83. The van der Waals surface area contributed by atoms with Gasteiger partial charge in [-0.15, -0.1) is 0 Å². The number of hydrogen-bond acceptors (Lipinski definition) is 3. The fourth-order valence-corrected chi connectivity index (χ4v) is 0.237. The summed E-state index contributed by atoms with van der Waals surface area (Å²) in [6, 6.07) is 1.55. The van der Waals surface area contributed by atoms with E-state index in [1.807, 2.05) is 0 Å². The summed E-state index contributed by atoms with van der Waals surface area (Å²) in [5, 5.41) is 18.0. The van der Waals surface area contributed by atoms with E-state index in [9.17, 15) is 5.11 Å². The van der Waals surface area contributed by atoms with Gasteiger partial charge in [-0.25, -0.2) is 0 Å². The first kappa shape index (κ1) is 11.6. The van der Waals surface area contributed by atoms with Crippen molar-refractivity contribution in [2.24, 2.45) is 0 Å². The van der Waals surface area contributed by atoms with Gasteiger partial charge in [0.05, 0.1) is 12.0 Å². The van der Waals surface area contributed by atoms with Crippen molar-refractivity contribution in [1.82, 2.24) is 0 Å².